The van der Waals surface area contributed by atoms with E-state index < -0.39 is 10.9 Å². The summed E-state index contributed by atoms with van der Waals surface area (Å²) in [6.07, 6.45) is 0. The maximum atomic E-state index is 2.39. The molecule has 0 saturated heterocycles. The van der Waals surface area contributed by atoms with Crippen molar-refractivity contribution in [2.24, 2.45) is 0 Å². The van der Waals surface area contributed by atoms with E-state index in [1.165, 1.54) is 27.3 Å². The van der Waals surface area contributed by atoms with Crippen LogP contribution in [0.3, 0.4) is 0 Å². The Hall–Kier alpha value is -1.21. The number of halogens is 1. The lowest BCUT2D eigenvalue weighted by Gasteiger charge is -2.23. The van der Waals surface area contributed by atoms with Gasteiger partial charge in [0, 0.05) is 15.5 Å². The van der Waals surface area contributed by atoms with E-state index in [-0.39, 0.29) is 0 Å². The zero-order valence-electron chi connectivity index (χ0n) is 14.6. The van der Waals surface area contributed by atoms with Gasteiger partial charge in [-0.05, 0) is 97.9 Å². The molecular weight excluding hydrogens is 499 g/mol. The van der Waals surface area contributed by atoms with E-state index in [4.69, 9.17) is 0 Å². The fraction of sp³-hybridized carbons (Fsp3) is 0.0435. The van der Waals surface area contributed by atoms with Crippen LogP contribution in [0.1, 0.15) is 4.88 Å². The van der Waals surface area contributed by atoms with Crippen molar-refractivity contribution in [2.45, 2.75) is 25.3 Å². The van der Waals surface area contributed by atoms with Crippen LogP contribution in [0.2, 0.25) is 0 Å². The first-order valence-electron chi connectivity index (χ1n) is 8.67. The van der Waals surface area contributed by atoms with E-state index in [9.17, 15) is 0 Å². The SMILES string of the molecule is Ic1ccc(CSc2ccc([SH](c3ccccc3)c3ccccc3)cc2)s1. The van der Waals surface area contributed by atoms with Gasteiger partial charge in [0.1, 0.15) is 0 Å². The lowest BCUT2D eigenvalue weighted by molar-refractivity contribution is 1.29. The summed E-state index contributed by atoms with van der Waals surface area (Å²) in [6, 6.07) is 35.3. The van der Waals surface area contributed by atoms with Crippen LogP contribution in [0.25, 0.3) is 0 Å². The molecule has 4 rings (SSSR count). The quantitative estimate of drug-likeness (QED) is 0.153. The number of rotatable bonds is 6. The van der Waals surface area contributed by atoms with Crippen LogP contribution in [-0.2, 0) is 5.75 Å². The van der Waals surface area contributed by atoms with Gasteiger partial charge in [0.05, 0.1) is 2.88 Å². The molecule has 4 aromatic rings. The van der Waals surface area contributed by atoms with Crippen molar-refractivity contribution < 1.29 is 0 Å². The van der Waals surface area contributed by atoms with Gasteiger partial charge in [-0.15, -0.1) is 23.1 Å². The molecule has 0 atom stereocenters. The Kier molecular flexibility index (Phi) is 6.60. The number of hydrogen-bond donors (Lipinski definition) is 1. The van der Waals surface area contributed by atoms with E-state index in [0.717, 1.165) is 5.75 Å². The average molecular weight is 519 g/mol. The standard InChI is InChI=1S/C23H19IS3/c24-23-16-13-19(26-23)17-25-18-11-14-22(15-12-18)27(20-7-3-1-4-8-20)21-9-5-2-6-10-21/h1-16,27H,17H2. The molecule has 0 N–H and O–H groups in total. The number of thiophene rings is 1. The summed E-state index contributed by atoms with van der Waals surface area (Å²) in [4.78, 5) is 6.96. The summed E-state index contributed by atoms with van der Waals surface area (Å²) in [6.45, 7) is 0. The van der Waals surface area contributed by atoms with Gasteiger partial charge in [-0.2, -0.15) is 10.9 Å². The Balaban J connectivity index is 1.57. The molecule has 0 aliphatic carbocycles. The van der Waals surface area contributed by atoms with Crippen molar-refractivity contribution in [1.82, 2.24) is 0 Å². The van der Waals surface area contributed by atoms with E-state index in [2.05, 4.69) is 120 Å². The van der Waals surface area contributed by atoms with Crippen LogP contribution in [-0.4, -0.2) is 0 Å². The monoisotopic (exact) mass is 518 g/mol. The summed E-state index contributed by atoms with van der Waals surface area (Å²) in [5.41, 5.74) is 0. The number of thiol groups is 1. The van der Waals surface area contributed by atoms with Gasteiger partial charge in [-0.3, -0.25) is 0 Å². The molecular formula is C23H19IS3. The molecule has 0 aliphatic rings. The molecule has 0 saturated carbocycles. The highest BCUT2D eigenvalue weighted by Crippen LogP contribution is 2.51. The maximum absolute atomic E-state index is 2.39. The average Bonchev–Trinajstić information content (AvgIpc) is 3.14. The first-order valence-corrected chi connectivity index (χ1v) is 12.9. The van der Waals surface area contributed by atoms with Gasteiger partial charge >= 0.3 is 0 Å². The summed E-state index contributed by atoms with van der Waals surface area (Å²) in [5, 5.41) is 0. The minimum atomic E-state index is -0.516. The van der Waals surface area contributed by atoms with E-state index in [1.54, 1.807) is 0 Å². The van der Waals surface area contributed by atoms with Crippen LogP contribution < -0.4 is 0 Å². The fourth-order valence-corrected chi connectivity index (χ4v) is 7.86. The summed E-state index contributed by atoms with van der Waals surface area (Å²) in [7, 11) is -0.516. The Morgan fingerprint density at radius 2 is 1.22 bits per heavy atom. The van der Waals surface area contributed by atoms with Crippen molar-refractivity contribution in [1.29, 1.82) is 0 Å². The van der Waals surface area contributed by atoms with Gasteiger partial charge in [0.25, 0.3) is 0 Å². The topological polar surface area (TPSA) is 0 Å². The second-order valence-electron chi connectivity index (χ2n) is 5.99. The van der Waals surface area contributed by atoms with Gasteiger partial charge < -0.3 is 0 Å². The third-order valence-electron chi connectivity index (χ3n) is 4.13. The number of hydrogen-bond acceptors (Lipinski definition) is 2. The Morgan fingerprint density at radius 1 is 0.667 bits per heavy atom. The molecule has 4 heteroatoms. The molecule has 0 spiro atoms. The van der Waals surface area contributed by atoms with E-state index >= 15 is 0 Å². The smallest absolute Gasteiger partial charge is 0.0656 e. The molecule has 3 aromatic carbocycles. The minimum absolute atomic E-state index is 0.516. The Morgan fingerprint density at radius 3 is 1.74 bits per heavy atom. The van der Waals surface area contributed by atoms with Crippen molar-refractivity contribution in [3.8, 4) is 0 Å². The molecule has 1 aromatic heterocycles. The highest BCUT2D eigenvalue weighted by Gasteiger charge is 2.12. The molecule has 0 radical (unpaired) electrons. The van der Waals surface area contributed by atoms with Crippen LogP contribution in [0.5, 0.6) is 0 Å². The summed E-state index contributed by atoms with van der Waals surface area (Å²) >= 11 is 6.18. The molecule has 0 amide bonds. The molecule has 0 fully saturated rings. The minimum Gasteiger partial charge on any atom is -0.173 e. The molecule has 136 valence electrons. The van der Waals surface area contributed by atoms with Crippen molar-refractivity contribution in [3.05, 3.63) is 105 Å². The zero-order valence-corrected chi connectivity index (χ0v) is 19.3. The normalized spacial score (nSPS) is 11.4. The fourth-order valence-electron chi connectivity index (χ4n) is 2.88. The molecule has 0 bridgehead atoms. The molecule has 27 heavy (non-hydrogen) atoms. The third-order valence-corrected chi connectivity index (χ3v) is 9.71. The summed E-state index contributed by atoms with van der Waals surface area (Å²) < 4.78 is 1.36. The van der Waals surface area contributed by atoms with Crippen LogP contribution in [0, 0.1) is 2.88 Å². The van der Waals surface area contributed by atoms with Gasteiger partial charge in [0.2, 0.25) is 0 Å². The molecule has 0 unspecified atom stereocenters. The highest BCUT2D eigenvalue weighted by molar-refractivity contribution is 14.1. The van der Waals surface area contributed by atoms with Crippen molar-refractivity contribution in [3.63, 3.8) is 0 Å². The van der Waals surface area contributed by atoms with E-state index in [0.29, 0.717) is 0 Å². The molecule has 0 aliphatic heterocycles. The predicted molar refractivity (Wildman–Crippen MR) is 130 cm³/mol. The Bertz CT molecular complexity index is 940. The van der Waals surface area contributed by atoms with Crippen molar-refractivity contribution >= 4 is 56.6 Å². The predicted octanol–water partition coefficient (Wildman–Crippen LogP) is 8.12. The van der Waals surface area contributed by atoms with Gasteiger partial charge in [-0.25, -0.2) is 0 Å². The molecule has 1 heterocycles. The van der Waals surface area contributed by atoms with Crippen LogP contribution in [0.4, 0.5) is 0 Å². The van der Waals surface area contributed by atoms with Crippen LogP contribution >= 0.6 is 56.6 Å². The zero-order chi connectivity index (χ0) is 18.5. The molecule has 0 nitrogen and oxygen atoms in total. The van der Waals surface area contributed by atoms with E-state index in [1.807, 2.05) is 23.1 Å². The first kappa shape index (κ1) is 19.1. The largest absolute Gasteiger partial charge is 0.173 e. The van der Waals surface area contributed by atoms with Crippen molar-refractivity contribution in [2.75, 3.05) is 0 Å². The Labute approximate surface area is 185 Å². The van der Waals surface area contributed by atoms with Gasteiger partial charge in [-0.1, -0.05) is 36.4 Å². The lowest BCUT2D eigenvalue weighted by Crippen LogP contribution is -1.88. The lowest BCUT2D eigenvalue weighted by atomic mass is 10.4. The van der Waals surface area contributed by atoms with Crippen LogP contribution in [0.15, 0.2) is 117 Å². The third kappa shape index (κ3) is 4.99. The van der Waals surface area contributed by atoms with Gasteiger partial charge in [0.15, 0.2) is 0 Å². The summed E-state index contributed by atoms with van der Waals surface area (Å²) in [5.74, 6) is 1.04. The second-order valence-corrected chi connectivity index (χ2v) is 12.3. The highest BCUT2D eigenvalue weighted by atomic mass is 127. The first-order chi connectivity index (χ1) is 13.3. The maximum Gasteiger partial charge on any atom is 0.0656 e. The number of benzene rings is 3. The number of thioether (sulfide) groups is 1. The second kappa shape index (κ2) is 9.32.